The highest BCUT2D eigenvalue weighted by Gasteiger charge is 2.08. The molecular formula is C13H12IN3O. The van der Waals surface area contributed by atoms with Crippen LogP contribution >= 0.6 is 22.6 Å². The summed E-state index contributed by atoms with van der Waals surface area (Å²) in [6.07, 6.45) is 4.36. The van der Waals surface area contributed by atoms with Gasteiger partial charge in [0, 0.05) is 22.1 Å². The summed E-state index contributed by atoms with van der Waals surface area (Å²) in [5.41, 5.74) is 2.99. The normalized spacial score (nSPS) is 11.4. The quantitative estimate of drug-likeness (QED) is 0.737. The molecule has 1 N–H and O–H groups in total. The number of aliphatic hydroxyl groups is 1. The Morgan fingerprint density at radius 3 is 2.94 bits per heavy atom. The Labute approximate surface area is 118 Å². The second kappa shape index (κ2) is 4.81. The van der Waals surface area contributed by atoms with E-state index in [1.165, 1.54) is 3.57 Å². The number of rotatable bonds is 3. The van der Waals surface area contributed by atoms with Crippen LogP contribution in [-0.2, 0) is 6.54 Å². The Kier molecular flexibility index (Phi) is 3.17. The van der Waals surface area contributed by atoms with E-state index in [4.69, 9.17) is 5.11 Å². The molecule has 0 aliphatic heterocycles. The molecular weight excluding hydrogens is 341 g/mol. The third-order valence-electron chi connectivity index (χ3n) is 2.96. The summed E-state index contributed by atoms with van der Waals surface area (Å²) in [4.78, 5) is 8.78. The van der Waals surface area contributed by atoms with Gasteiger partial charge < -0.3 is 9.67 Å². The molecule has 2 heterocycles. The third-order valence-corrected chi connectivity index (χ3v) is 3.63. The van der Waals surface area contributed by atoms with Crippen LogP contribution in [0.25, 0.3) is 21.9 Å². The molecule has 3 rings (SSSR count). The maximum Gasteiger partial charge on any atom is 0.107 e. The zero-order valence-electron chi connectivity index (χ0n) is 9.67. The molecule has 92 valence electrons. The molecule has 0 bridgehead atoms. The van der Waals surface area contributed by atoms with Crippen molar-refractivity contribution in [3.8, 4) is 0 Å². The number of imidazole rings is 1. The molecule has 1 aromatic carbocycles. The van der Waals surface area contributed by atoms with Gasteiger partial charge in [-0.05, 0) is 47.2 Å². The van der Waals surface area contributed by atoms with Crippen LogP contribution < -0.4 is 0 Å². The molecule has 18 heavy (non-hydrogen) atoms. The first-order valence-corrected chi connectivity index (χ1v) is 6.87. The van der Waals surface area contributed by atoms with Gasteiger partial charge in [0.25, 0.3) is 0 Å². The first-order chi connectivity index (χ1) is 8.79. The number of aliphatic hydroxyl groups excluding tert-OH is 1. The van der Waals surface area contributed by atoms with Crippen molar-refractivity contribution >= 4 is 44.5 Å². The summed E-state index contributed by atoms with van der Waals surface area (Å²) in [7, 11) is 0. The first-order valence-electron chi connectivity index (χ1n) is 5.79. The maximum atomic E-state index is 8.95. The Morgan fingerprint density at radius 1 is 1.22 bits per heavy atom. The summed E-state index contributed by atoms with van der Waals surface area (Å²) in [5, 5.41) is 10.1. The lowest BCUT2D eigenvalue weighted by Crippen LogP contribution is -1.99. The Balaban J connectivity index is 2.29. The molecule has 0 radical (unpaired) electrons. The highest BCUT2D eigenvalue weighted by molar-refractivity contribution is 14.1. The number of pyridine rings is 1. The molecule has 0 saturated carbocycles. The fourth-order valence-corrected chi connectivity index (χ4v) is 2.63. The molecule has 0 fully saturated rings. The number of benzene rings is 1. The third kappa shape index (κ3) is 1.97. The monoisotopic (exact) mass is 353 g/mol. The average Bonchev–Trinajstić information content (AvgIpc) is 2.79. The van der Waals surface area contributed by atoms with Crippen LogP contribution in [0.15, 0.2) is 30.7 Å². The van der Waals surface area contributed by atoms with E-state index in [-0.39, 0.29) is 6.61 Å². The molecule has 4 nitrogen and oxygen atoms in total. The number of fused-ring (bicyclic) bond motifs is 3. The van der Waals surface area contributed by atoms with E-state index in [1.54, 1.807) is 6.20 Å². The molecule has 2 aromatic heterocycles. The number of aryl methyl sites for hydroxylation is 1. The zero-order valence-corrected chi connectivity index (χ0v) is 11.8. The van der Waals surface area contributed by atoms with Crippen molar-refractivity contribution in [3.05, 3.63) is 34.3 Å². The van der Waals surface area contributed by atoms with E-state index in [0.717, 1.165) is 34.9 Å². The Hall–Kier alpha value is -1.21. The van der Waals surface area contributed by atoms with E-state index in [0.29, 0.717) is 0 Å². The van der Waals surface area contributed by atoms with Crippen molar-refractivity contribution < 1.29 is 5.11 Å². The van der Waals surface area contributed by atoms with Crippen molar-refractivity contribution in [2.75, 3.05) is 6.61 Å². The SMILES string of the molecule is OCCCn1cnc2cnc3ccc(I)cc3c21. The van der Waals surface area contributed by atoms with Gasteiger partial charge in [0.1, 0.15) is 5.52 Å². The van der Waals surface area contributed by atoms with Gasteiger partial charge in [0.2, 0.25) is 0 Å². The van der Waals surface area contributed by atoms with Crippen molar-refractivity contribution in [3.63, 3.8) is 0 Å². The standard InChI is InChI=1S/C13H12IN3O/c14-9-2-3-11-10(6-9)13-12(7-15-11)16-8-17(13)4-1-5-18/h2-3,6-8,18H,1,4-5H2. The largest absolute Gasteiger partial charge is 0.396 e. The van der Waals surface area contributed by atoms with Crippen LogP contribution in [-0.4, -0.2) is 26.2 Å². The van der Waals surface area contributed by atoms with Crippen LogP contribution in [0, 0.1) is 3.57 Å². The van der Waals surface area contributed by atoms with Crippen LogP contribution in [0.2, 0.25) is 0 Å². The lowest BCUT2D eigenvalue weighted by Gasteiger charge is -2.05. The number of hydrogen-bond acceptors (Lipinski definition) is 3. The zero-order chi connectivity index (χ0) is 12.5. The molecule has 0 amide bonds. The molecule has 3 aromatic rings. The van der Waals surface area contributed by atoms with E-state index in [2.05, 4.69) is 49.3 Å². The minimum atomic E-state index is 0.195. The van der Waals surface area contributed by atoms with Crippen molar-refractivity contribution in [2.24, 2.45) is 0 Å². The number of aromatic nitrogens is 3. The van der Waals surface area contributed by atoms with Crippen molar-refractivity contribution in [1.82, 2.24) is 14.5 Å². The lowest BCUT2D eigenvalue weighted by molar-refractivity contribution is 0.280. The molecule has 5 heteroatoms. The van der Waals surface area contributed by atoms with E-state index in [1.807, 2.05) is 12.4 Å². The van der Waals surface area contributed by atoms with Gasteiger partial charge in [-0.15, -0.1) is 0 Å². The highest BCUT2D eigenvalue weighted by Crippen LogP contribution is 2.24. The molecule has 0 saturated heterocycles. The van der Waals surface area contributed by atoms with Gasteiger partial charge in [-0.3, -0.25) is 4.98 Å². The fraction of sp³-hybridized carbons (Fsp3) is 0.231. The minimum Gasteiger partial charge on any atom is -0.396 e. The molecule has 0 spiro atoms. The second-order valence-electron chi connectivity index (χ2n) is 4.17. The average molecular weight is 353 g/mol. The van der Waals surface area contributed by atoms with Crippen LogP contribution in [0.1, 0.15) is 6.42 Å². The smallest absolute Gasteiger partial charge is 0.107 e. The maximum absolute atomic E-state index is 8.95. The first kappa shape index (κ1) is 11.9. The van der Waals surface area contributed by atoms with Gasteiger partial charge in [-0.25, -0.2) is 4.98 Å². The predicted octanol–water partition coefficient (Wildman–Crippen LogP) is 2.57. The number of halogens is 1. The minimum absolute atomic E-state index is 0.195. The second-order valence-corrected chi connectivity index (χ2v) is 5.41. The lowest BCUT2D eigenvalue weighted by atomic mass is 10.2. The summed E-state index contributed by atoms with van der Waals surface area (Å²) in [5.74, 6) is 0. The Bertz CT molecular complexity index is 708. The van der Waals surface area contributed by atoms with Gasteiger partial charge in [0.05, 0.1) is 23.6 Å². The van der Waals surface area contributed by atoms with E-state index < -0.39 is 0 Å². The van der Waals surface area contributed by atoms with Crippen LogP contribution in [0.5, 0.6) is 0 Å². The summed E-state index contributed by atoms with van der Waals surface area (Å²) >= 11 is 2.30. The summed E-state index contributed by atoms with van der Waals surface area (Å²) < 4.78 is 3.27. The fourth-order valence-electron chi connectivity index (χ4n) is 2.14. The van der Waals surface area contributed by atoms with Gasteiger partial charge in [-0.1, -0.05) is 0 Å². The highest BCUT2D eigenvalue weighted by atomic mass is 127. The molecule has 0 aliphatic rings. The van der Waals surface area contributed by atoms with Crippen molar-refractivity contribution in [2.45, 2.75) is 13.0 Å². The van der Waals surface area contributed by atoms with Gasteiger partial charge in [-0.2, -0.15) is 0 Å². The number of nitrogens with zero attached hydrogens (tertiary/aromatic N) is 3. The molecule has 0 unspecified atom stereocenters. The van der Waals surface area contributed by atoms with Gasteiger partial charge >= 0.3 is 0 Å². The number of hydrogen-bond donors (Lipinski definition) is 1. The topological polar surface area (TPSA) is 50.9 Å². The van der Waals surface area contributed by atoms with Crippen LogP contribution in [0.4, 0.5) is 0 Å². The predicted molar refractivity (Wildman–Crippen MR) is 79.5 cm³/mol. The van der Waals surface area contributed by atoms with Crippen LogP contribution in [0.3, 0.4) is 0 Å². The Morgan fingerprint density at radius 2 is 2.11 bits per heavy atom. The summed E-state index contributed by atoms with van der Waals surface area (Å²) in [6.45, 7) is 0.970. The van der Waals surface area contributed by atoms with Crippen molar-refractivity contribution in [1.29, 1.82) is 0 Å². The summed E-state index contributed by atoms with van der Waals surface area (Å²) in [6, 6.07) is 6.21. The molecule has 0 atom stereocenters. The van der Waals surface area contributed by atoms with Gasteiger partial charge in [0.15, 0.2) is 0 Å². The molecule has 0 aliphatic carbocycles. The van der Waals surface area contributed by atoms with E-state index in [9.17, 15) is 0 Å². The van der Waals surface area contributed by atoms with E-state index >= 15 is 0 Å².